The summed E-state index contributed by atoms with van der Waals surface area (Å²) in [5.74, 6) is 1.11. The van der Waals surface area contributed by atoms with Gasteiger partial charge in [0.15, 0.2) is 6.29 Å². The Morgan fingerprint density at radius 3 is 2.50 bits per heavy atom. The van der Waals surface area contributed by atoms with Crippen LogP contribution in [0.3, 0.4) is 0 Å². The molecule has 5 atom stereocenters. The van der Waals surface area contributed by atoms with Gasteiger partial charge in [0.2, 0.25) is 0 Å². The Kier molecular flexibility index (Phi) is 7.42. The summed E-state index contributed by atoms with van der Waals surface area (Å²) in [7, 11) is 0. The zero-order chi connectivity index (χ0) is 13.5. The van der Waals surface area contributed by atoms with E-state index < -0.39 is 37.3 Å². The van der Waals surface area contributed by atoms with E-state index in [0.717, 1.165) is 12.2 Å². The lowest BCUT2D eigenvalue weighted by Gasteiger charge is -2.39. The molecule has 6 N–H and O–H groups in total. The molecule has 0 spiro atoms. The van der Waals surface area contributed by atoms with Crippen LogP contribution < -0.4 is 5.73 Å². The average molecular weight is 283 g/mol. The molecule has 0 radical (unpaired) electrons. The van der Waals surface area contributed by atoms with Crippen LogP contribution >= 0.6 is 11.8 Å². The van der Waals surface area contributed by atoms with Crippen molar-refractivity contribution in [3.63, 3.8) is 0 Å². The summed E-state index contributed by atoms with van der Waals surface area (Å²) in [5, 5.41) is 37.7. The second-order valence-electron chi connectivity index (χ2n) is 4.03. The Hall–Kier alpha value is 0.0700. The number of thioether (sulfide) groups is 1. The van der Waals surface area contributed by atoms with Gasteiger partial charge in [0.1, 0.15) is 24.4 Å². The van der Waals surface area contributed by atoms with Gasteiger partial charge < -0.3 is 35.6 Å². The lowest BCUT2D eigenvalue weighted by molar-refractivity contribution is -0.296. The highest BCUT2D eigenvalue weighted by Crippen LogP contribution is 2.22. The quantitative estimate of drug-likeness (QED) is 0.264. The average Bonchev–Trinajstić information content (AvgIpc) is 2.38. The van der Waals surface area contributed by atoms with Crippen molar-refractivity contribution in [3.05, 3.63) is 0 Å². The number of ether oxygens (including phenoxy) is 2. The van der Waals surface area contributed by atoms with Gasteiger partial charge in [0.25, 0.3) is 0 Å². The van der Waals surface area contributed by atoms with Gasteiger partial charge in [-0.1, -0.05) is 0 Å². The summed E-state index contributed by atoms with van der Waals surface area (Å²) in [5.41, 5.74) is 5.34. The standard InChI is InChI=1S/C10H21NO6S/c11-2-1-3-18-5-16-10-9(15)8(14)7(13)6(4-12)17-10/h6-10,12-15H,1-5,11H2/t6-,7-,8+,9+,10+/m1/s1. The number of hydrogen-bond acceptors (Lipinski definition) is 8. The first-order valence-corrected chi connectivity index (χ1v) is 6.97. The van der Waals surface area contributed by atoms with Crippen molar-refractivity contribution in [3.8, 4) is 0 Å². The van der Waals surface area contributed by atoms with E-state index in [-0.39, 0.29) is 5.94 Å². The van der Waals surface area contributed by atoms with E-state index in [4.69, 9.17) is 20.3 Å². The number of nitrogens with two attached hydrogens (primary N) is 1. The smallest absolute Gasteiger partial charge is 0.187 e. The Bertz CT molecular complexity index is 232. The summed E-state index contributed by atoms with van der Waals surface area (Å²) >= 11 is 1.48. The van der Waals surface area contributed by atoms with Crippen molar-refractivity contribution in [2.75, 3.05) is 24.8 Å². The lowest BCUT2D eigenvalue weighted by Crippen LogP contribution is -2.59. The predicted molar refractivity (Wildman–Crippen MR) is 65.8 cm³/mol. The maximum Gasteiger partial charge on any atom is 0.187 e. The molecule has 0 aromatic carbocycles. The highest BCUT2D eigenvalue weighted by molar-refractivity contribution is 7.99. The van der Waals surface area contributed by atoms with Gasteiger partial charge in [-0.2, -0.15) is 0 Å². The van der Waals surface area contributed by atoms with E-state index in [2.05, 4.69) is 0 Å². The molecular formula is C10H21NO6S. The molecule has 0 amide bonds. The molecule has 0 unspecified atom stereocenters. The summed E-state index contributed by atoms with van der Waals surface area (Å²) in [6.45, 7) is 0.151. The molecule has 1 aliphatic rings. The topological polar surface area (TPSA) is 125 Å². The van der Waals surface area contributed by atoms with Gasteiger partial charge in [-0.15, -0.1) is 11.8 Å². The van der Waals surface area contributed by atoms with Crippen LogP contribution in [-0.4, -0.2) is 76.0 Å². The van der Waals surface area contributed by atoms with Crippen LogP contribution in [0.2, 0.25) is 0 Å². The third-order valence-corrected chi connectivity index (χ3v) is 3.54. The second-order valence-corrected chi connectivity index (χ2v) is 5.08. The predicted octanol–water partition coefficient (Wildman–Crippen LogP) is -2.16. The van der Waals surface area contributed by atoms with Crippen LogP contribution in [0.15, 0.2) is 0 Å². The molecule has 108 valence electrons. The molecule has 0 aliphatic carbocycles. The Balaban J connectivity index is 2.35. The van der Waals surface area contributed by atoms with Gasteiger partial charge in [0.05, 0.1) is 12.5 Å². The Morgan fingerprint density at radius 2 is 1.89 bits per heavy atom. The highest BCUT2D eigenvalue weighted by Gasteiger charge is 2.43. The molecule has 0 saturated carbocycles. The van der Waals surface area contributed by atoms with Gasteiger partial charge in [0, 0.05) is 0 Å². The maximum atomic E-state index is 9.65. The molecule has 7 nitrogen and oxygen atoms in total. The molecular weight excluding hydrogens is 262 g/mol. The first kappa shape index (κ1) is 16.1. The number of aliphatic hydroxyl groups is 4. The third kappa shape index (κ3) is 4.32. The first-order valence-electron chi connectivity index (χ1n) is 5.81. The van der Waals surface area contributed by atoms with Gasteiger partial charge in [-0.05, 0) is 18.7 Å². The normalized spacial score (nSPS) is 36.8. The minimum atomic E-state index is -1.39. The molecule has 0 aromatic rings. The zero-order valence-corrected chi connectivity index (χ0v) is 10.8. The van der Waals surface area contributed by atoms with E-state index >= 15 is 0 Å². The molecule has 1 aliphatic heterocycles. The van der Waals surface area contributed by atoms with E-state index in [9.17, 15) is 15.3 Å². The van der Waals surface area contributed by atoms with Crippen LogP contribution in [0.5, 0.6) is 0 Å². The fourth-order valence-electron chi connectivity index (χ4n) is 1.56. The summed E-state index contributed by atoms with van der Waals surface area (Å²) in [6, 6.07) is 0. The number of aliphatic hydroxyl groups excluding tert-OH is 4. The minimum absolute atomic E-state index is 0.280. The van der Waals surface area contributed by atoms with Gasteiger partial charge in [-0.3, -0.25) is 0 Å². The van der Waals surface area contributed by atoms with Crippen LogP contribution in [-0.2, 0) is 9.47 Å². The van der Waals surface area contributed by atoms with Crippen molar-refractivity contribution in [2.24, 2.45) is 5.73 Å². The van der Waals surface area contributed by atoms with Crippen molar-refractivity contribution in [2.45, 2.75) is 37.1 Å². The van der Waals surface area contributed by atoms with Gasteiger partial charge >= 0.3 is 0 Å². The fraction of sp³-hybridized carbons (Fsp3) is 1.00. The molecule has 1 saturated heterocycles. The number of hydrogen-bond donors (Lipinski definition) is 5. The molecule has 1 rings (SSSR count). The van der Waals surface area contributed by atoms with Crippen molar-refractivity contribution < 1.29 is 29.9 Å². The maximum absolute atomic E-state index is 9.65. The Labute approximate surface area is 110 Å². The molecule has 18 heavy (non-hydrogen) atoms. The first-order chi connectivity index (χ1) is 8.61. The lowest BCUT2D eigenvalue weighted by atomic mass is 9.99. The van der Waals surface area contributed by atoms with Crippen molar-refractivity contribution >= 4 is 11.8 Å². The van der Waals surface area contributed by atoms with E-state index in [1.807, 2.05) is 0 Å². The van der Waals surface area contributed by atoms with Crippen LogP contribution in [0, 0.1) is 0 Å². The van der Waals surface area contributed by atoms with E-state index in [1.165, 1.54) is 11.8 Å². The molecule has 1 fully saturated rings. The summed E-state index contributed by atoms with van der Waals surface area (Å²) in [6.07, 6.45) is -5.20. The molecule has 1 heterocycles. The molecule has 8 heteroatoms. The zero-order valence-electron chi connectivity index (χ0n) is 10.0. The molecule has 0 bridgehead atoms. The number of rotatable bonds is 7. The third-order valence-electron chi connectivity index (χ3n) is 2.66. The Morgan fingerprint density at radius 1 is 1.17 bits per heavy atom. The van der Waals surface area contributed by atoms with Crippen molar-refractivity contribution in [1.29, 1.82) is 0 Å². The second kappa shape index (κ2) is 8.28. The van der Waals surface area contributed by atoms with Gasteiger partial charge in [-0.25, -0.2) is 0 Å². The monoisotopic (exact) mass is 283 g/mol. The minimum Gasteiger partial charge on any atom is -0.394 e. The van der Waals surface area contributed by atoms with Crippen LogP contribution in [0.1, 0.15) is 6.42 Å². The van der Waals surface area contributed by atoms with E-state index in [1.54, 1.807) is 0 Å². The van der Waals surface area contributed by atoms with Crippen LogP contribution in [0.4, 0.5) is 0 Å². The SMILES string of the molecule is NCCCSCO[C@H]1O[C@H](CO)[C@@H](O)[C@H](O)[C@@H]1O. The summed E-state index contributed by atoms with van der Waals surface area (Å²) in [4.78, 5) is 0. The van der Waals surface area contributed by atoms with Crippen LogP contribution in [0.25, 0.3) is 0 Å². The summed E-state index contributed by atoms with van der Waals surface area (Å²) < 4.78 is 10.4. The highest BCUT2D eigenvalue weighted by atomic mass is 32.2. The molecule has 0 aromatic heterocycles. The fourth-order valence-corrected chi connectivity index (χ4v) is 2.28. The van der Waals surface area contributed by atoms with E-state index in [0.29, 0.717) is 6.54 Å². The van der Waals surface area contributed by atoms with Crippen molar-refractivity contribution in [1.82, 2.24) is 0 Å². The largest absolute Gasteiger partial charge is 0.394 e.